The SMILES string of the molecule is COc1ccc(OCCNc2ccc(NC(=O)c3ccc(Cl)cc3)cn2)cc1. The van der Waals surface area contributed by atoms with Crippen LogP contribution in [0.25, 0.3) is 0 Å². The first-order valence-electron chi connectivity index (χ1n) is 8.68. The lowest BCUT2D eigenvalue weighted by Crippen LogP contribution is -2.13. The third-order valence-corrected chi connectivity index (χ3v) is 4.12. The van der Waals surface area contributed by atoms with Crippen molar-refractivity contribution in [2.45, 2.75) is 0 Å². The number of hydrogen-bond acceptors (Lipinski definition) is 5. The van der Waals surface area contributed by atoms with E-state index in [4.69, 9.17) is 21.1 Å². The molecule has 2 N–H and O–H groups in total. The van der Waals surface area contributed by atoms with Crippen LogP contribution in [0.2, 0.25) is 5.02 Å². The second kappa shape index (κ2) is 9.62. The van der Waals surface area contributed by atoms with Gasteiger partial charge in [-0.2, -0.15) is 0 Å². The van der Waals surface area contributed by atoms with Crippen molar-refractivity contribution in [3.05, 3.63) is 77.4 Å². The molecule has 0 bridgehead atoms. The van der Waals surface area contributed by atoms with Crippen molar-refractivity contribution in [3.63, 3.8) is 0 Å². The number of hydrogen-bond donors (Lipinski definition) is 2. The quantitative estimate of drug-likeness (QED) is 0.548. The van der Waals surface area contributed by atoms with E-state index in [0.29, 0.717) is 35.2 Å². The molecule has 3 aromatic rings. The van der Waals surface area contributed by atoms with Crippen molar-refractivity contribution in [1.29, 1.82) is 0 Å². The van der Waals surface area contributed by atoms with Gasteiger partial charge in [-0.05, 0) is 60.7 Å². The molecule has 28 heavy (non-hydrogen) atoms. The van der Waals surface area contributed by atoms with E-state index >= 15 is 0 Å². The average Bonchev–Trinajstić information content (AvgIpc) is 2.73. The van der Waals surface area contributed by atoms with Gasteiger partial charge in [0, 0.05) is 10.6 Å². The minimum atomic E-state index is -0.216. The molecule has 0 aliphatic carbocycles. The summed E-state index contributed by atoms with van der Waals surface area (Å²) in [6.07, 6.45) is 1.60. The molecule has 0 spiro atoms. The normalized spacial score (nSPS) is 10.2. The van der Waals surface area contributed by atoms with Gasteiger partial charge in [-0.3, -0.25) is 4.79 Å². The summed E-state index contributed by atoms with van der Waals surface area (Å²) < 4.78 is 10.8. The number of carbonyl (C=O) groups excluding carboxylic acids is 1. The number of anilines is 2. The van der Waals surface area contributed by atoms with Gasteiger partial charge in [0.1, 0.15) is 23.9 Å². The fourth-order valence-electron chi connectivity index (χ4n) is 2.40. The summed E-state index contributed by atoms with van der Waals surface area (Å²) in [4.78, 5) is 16.5. The van der Waals surface area contributed by atoms with Gasteiger partial charge in [-0.25, -0.2) is 4.98 Å². The van der Waals surface area contributed by atoms with Crippen LogP contribution in [-0.2, 0) is 0 Å². The lowest BCUT2D eigenvalue weighted by molar-refractivity contribution is 0.102. The van der Waals surface area contributed by atoms with Gasteiger partial charge in [-0.1, -0.05) is 11.6 Å². The lowest BCUT2D eigenvalue weighted by Gasteiger charge is -2.09. The van der Waals surface area contributed by atoms with Gasteiger partial charge in [0.15, 0.2) is 0 Å². The topological polar surface area (TPSA) is 72.5 Å². The zero-order chi connectivity index (χ0) is 19.8. The monoisotopic (exact) mass is 397 g/mol. The number of carbonyl (C=O) groups is 1. The largest absolute Gasteiger partial charge is 0.497 e. The predicted octanol–water partition coefficient (Wildman–Crippen LogP) is 4.49. The molecule has 0 atom stereocenters. The number of halogens is 1. The molecular formula is C21H20ClN3O3. The van der Waals surface area contributed by atoms with Crippen LogP contribution in [0.15, 0.2) is 66.9 Å². The second-order valence-corrected chi connectivity index (χ2v) is 6.28. The summed E-state index contributed by atoms with van der Waals surface area (Å²) in [5.74, 6) is 2.05. The third kappa shape index (κ3) is 5.62. The van der Waals surface area contributed by atoms with E-state index in [1.165, 1.54) is 0 Å². The number of methoxy groups -OCH3 is 1. The van der Waals surface area contributed by atoms with Gasteiger partial charge >= 0.3 is 0 Å². The minimum Gasteiger partial charge on any atom is -0.497 e. The predicted molar refractivity (Wildman–Crippen MR) is 111 cm³/mol. The molecule has 0 aliphatic heterocycles. The third-order valence-electron chi connectivity index (χ3n) is 3.86. The van der Waals surface area contributed by atoms with Crippen molar-refractivity contribution in [3.8, 4) is 11.5 Å². The van der Waals surface area contributed by atoms with E-state index in [2.05, 4.69) is 15.6 Å². The van der Waals surface area contributed by atoms with Gasteiger partial charge in [-0.15, -0.1) is 0 Å². The number of nitrogens with zero attached hydrogens (tertiary/aromatic N) is 1. The number of amides is 1. The van der Waals surface area contributed by atoms with Crippen molar-refractivity contribution in [2.75, 3.05) is 30.9 Å². The molecule has 7 heteroatoms. The molecule has 1 heterocycles. The fourth-order valence-corrected chi connectivity index (χ4v) is 2.52. The van der Waals surface area contributed by atoms with Crippen LogP contribution >= 0.6 is 11.6 Å². The van der Waals surface area contributed by atoms with E-state index in [0.717, 1.165) is 11.5 Å². The molecule has 0 unspecified atom stereocenters. The van der Waals surface area contributed by atoms with Gasteiger partial charge < -0.3 is 20.1 Å². The molecule has 0 radical (unpaired) electrons. The van der Waals surface area contributed by atoms with Crippen LogP contribution in [0, 0.1) is 0 Å². The Morgan fingerprint density at radius 3 is 2.36 bits per heavy atom. The molecule has 3 rings (SSSR count). The Morgan fingerprint density at radius 1 is 1.00 bits per heavy atom. The maximum atomic E-state index is 12.2. The second-order valence-electron chi connectivity index (χ2n) is 5.84. The van der Waals surface area contributed by atoms with E-state index in [9.17, 15) is 4.79 Å². The summed E-state index contributed by atoms with van der Waals surface area (Å²) in [5, 5.41) is 6.55. The highest BCUT2D eigenvalue weighted by atomic mass is 35.5. The number of ether oxygens (including phenoxy) is 2. The maximum Gasteiger partial charge on any atom is 0.255 e. The van der Waals surface area contributed by atoms with Gasteiger partial charge in [0.2, 0.25) is 0 Å². The molecule has 144 valence electrons. The highest BCUT2D eigenvalue weighted by Crippen LogP contribution is 2.17. The van der Waals surface area contributed by atoms with Crippen molar-refractivity contribution < 1.29 is 14.3 Å². The van der Waals surface area contributed by atoms with Crippen LogP contribution in [0.1, 0.15) is 10.4 Å². The van der Waals surface area contributed by atoms with Crippen LogP contribution in [-0.4, -0.2) is 31.2 Å². The minimum absolute atomic E-state index is 0.216. The fraction of sp³-hybridized carbons (Fsp3) is 0.143. The standard InChI is InChI=1S/C21H20ClN3O3/c1-27-18-7-9-19(10-8-18)28-13-12-23-20-11-6-17(14-24-20)25-21(26)15-2-4-16(22)5-3-15/h2-11,14H,12-13H2,1H3,(H,23,24)(H,25,26). The Balaban J connectivity index is 1.43. The molecule has 0 aliphatic rings. The molecule has 0 saturated heterocycles. The van der Waals surface area contributed by atoms with Crippen molar-refractivity contribution >= 4 is 29.0 Å². The molecule has 2 aromatic carbocycles. The summed E-state index contributed by atoms with van der Waals surface area (Å²) in [7, 11) is 1.63. The Bertz CT molecular complexity index is 898. The average molecular weight is 398 g/mol. The van der Waals surface area contributed by atoms with Gasteiger partial charge in [0.25, 0.3) is 5.91 Å². The Hall–Kier alpha value is -3.25. The zero-order valence-corrected chi connectivity index (χ0v) is 16.1. The first kappa shape index (κ1) is 19.5. The maximum absolute atomic E-state index is 12.2. The number of nitrogens with one attached hydrogen (secondary N) is 2. The van der Waals surface area contributed by atoms with E-state index in [1.807, 2.05) is 24.3 Å². The summed E-state index contributed by atoms with van der Waals surface area (Å²) >= 11 is 5.83. The van der Waals surface area contributed by atoms with E-state index in [-0.39, 0.29) is 5.91 Å². The number of pyridine rings is 1. The summed E-state index contributed by atoms with van der Waals surface area (Å²) in [6, 6.07) is 17.7. The Kier molecular flexibility index (Phi) is 6.70. The number of benzene rings is 2. The van der Waals surface area contributed by atoms with Crippen LogP contribution in [0.3, 0.4) is 0 Å². The molecule has 1 amide bonds. The Morgan fingerprint density at radius 2 is 1.71 bits per heavy atom. The van der Waals surface area contributed by atoms with Gasteiger partial charge in [0.05, 0.1) is 25.5 Å². The molecule has 0 saturated carbocycles. The Labute approximate surface area is 168 Å². The molecule has 6 nitrogen and oxygen atoms in total. The van der Waals surface area contributed by atoms with Crippen LogP contribution in [0.5, 0.6) is 11.5 Å². The molecular weight excluding hydrogens is 378 g/mol. The summed E-state index contributed by atoms with van der Waals surface area (Å²) in [5.41, 5.74) is 1.14. The number of rotatable bonds is 8. The lowest BCUT2D eigenvalue weighted by atomic mass is 10.2. The van der Waals surface area contributed by atoms with Crippen LogP contribution in [0.4, 0.5) is 11.5 Å². The highest BCUT2D eigenvalue weighted by Gasteiger charge is 2.06. The van der Waals surface area contributed by atoms with Crippen molar-refractivity contribution in [1.82, 2.24) is 4.98 Å². The highest BCUT2D eigenvalue weighted by molar-refractivity contribution is 6.30. The molecule has 0 fully saturated rings. The van der Waals surface area contributed by atoms with E-state index in [1.54, 1.807) is 49.7 Å². The number of aromatic nitrogens is 1. The van der Waals surface area contributed by atoms with E-state index < -0.39 is 0 Å². The summed E-state index contributed by atoms with van der Waals surface area (Å²) in [6.45, 7) is 1.08. The first-order valence-corrected chi connectivity index (χ1v) is 9.05. The first-order chi connectivity index (χ1) is 13.6. The van der Waals surface area contributed by atoms with Crippen LogP contribution < -0.4 is 20.1 Å². The zero-order valence-electron chi connectivity index (χ0n) is 15.3. The van der Waals surface area contributed by atoms with Crippen molar-refractivity contribution in [2.24, 2.45) is 0 Å². The molecule has 1 aromatic heterocycles. The smallest absolute Gasteiger partial charge is 0.255 e.